The van der Waals surface area contributed by atoms with Gasteiger partial charge in [-0.05, 0) is 71.2 Å². The highest BCUT2D eigenvalue weighted by Crippen LogP contribution is 2.42. The van der Waals surface area contributed by atoms with Crippen LogP contribution in [0.3, 0.4) is 0 Å². The number of anilines is 1. The van der Waals surface area contributed by atoms with Crippen molar-refractivity contribution in [3.05, 3.63) is 29.8 Å². The summed E-state index contributed by atoms with van der Waals surface area (Å²) in [5, 5.41) is 11.4. The SMILES string of the molecule is CC1(C)OCC(C2OC(Nc3ccc(C(=O)NCC(=O)NC4CCCCNC4=O)cc3)[C@H]3OC(C)(C)O[C@@H]23)O1. The Morgan fingerprint density at radius 1 is 0.974 bits per heavy atom. The van der Waals surface area contributed by atoms with Gasteiger partial charge in [-0.15, -0.1) is 0 Å². The molecule has 4 saturated heterocycles. The molecule has 0 aliphatic carbocycles. The minimum atomic E-state index is -0.763. The molecule has 4 aliphatic heterocycles. The van der Waals surface area contributed by atoms with Gasteiger partial charge in [-0.1, -0.05) is 0 Å². The maximum Gasteiger partial charge on any atom is 0.251 e. The molecular formula is C27H38N4O8. The third-order valence-corrected chi connectivity index (χ3v) is 7.22. The fourth-order valence-corrected chi connectivity index (χ4v) is 5.39. The van der Waals surface area contributed by atoms with Crippen LogP contribution in [0, 0.1) is 0 Å². The first-order valence-corrected chi connectivity index (χ1v) is 13.5. The average Bonchev–Trinajstić information content (AvgIpc) is 3.45. The van der Waals surface area contributed by atoms with E-state index >= 15 is 0 Å². The van der Waals surface area contributed by atoms with Gasteiger partial charge in [0.1, 0.15) is 30.5 Å². The Labute approximate surface area is 227 Å². The fourth-order valence-electron chi connectivity index (χ4n) is 5.39. The minimum absolute atomic E-state index is 0.190. The topological polar surface area (TPSA) is 145 Å². The summed E-state index contributed by atoms with van der Waals surface area (Å²) in [7, 11) is 0. The molecule has 4 N–H and O–H groups in total. The molecule has 12 heteroatoms. The number of nitrogens with one attached hydrogen (secondary N) is 4. The molecule has 6 atom stereocenters. The van der Waals surface area contributed by atoms with Crippen LogP contribution in [0.4, 0.5) is 5.69 Å². The molecule has 4 fully saturated rings. The molecule has 4 heterocycles. The molecule has 214 valence electrons. The normalized spacial score (nSPS) is 33.1. The van der Waals surface area contributed by atoms with Gasteiger partial charge in [-0.2, -0.15) is 0 Å². The van der Waals surface area contributed by atoms with Crippen molar-refractivity contribution >= 4 is 23.4 Å². The first-order valence-electron chi connectivity index (χ1n) is 13.5. The minimum Gasteiger partial charge on any atom is -0.358 e. The lowest BCUT2D eigenvalue weighted by Gasteiger charge is -2.27. The summed E-state index contributed by atoms with van der Waals surface area (Å²) in [4.78, 5) is 36.9. The molecule has 5 rings (SSSR count). The molecule has 0 saturated carbocycles. The van der Waals surface area contributed by atoms with Crippen molar-refractivity contribution < 1.29 is 38.1 Å². The van der Waals surface area contributed by atoms with E-state index in [4.69, 9.17) is 23.7 Å². The van der Waals surface area contributed by atoms with E-state index in [-0.39, 0.29) is 36.9 Å². The van der Waals surface area contributed by atoms with E-state index in [1.165, 1.54) is 0 Å². The molecule has 4 aliphatic rings. The Hall–Kier alpha value is -2.77. The summed E-state index contributed by atoms with van der Waals surface area (Å²) in [5.41, 5.74) is 1.12. The first kappa shape index (κ1) is 27.8. The van der Waals surface area contributed by atoms with Crippen LogP contribution in [0.1, 0.15) is 57.3 Å². The Morgan fingerprint density at radius 2 is 1.72 bits per heavy atom. The summed E-state index contributed by atoms with van der Waals surface area (Å²) in [6, 6.07) is 6.26. The average molecular weight is 547 g/mol. The van der Waals surface area contributed by atoms with Crippen LogP contribution < -0.4 is 21.3 Å². The maximum absolute atomic E-state index is 12.6. The molecule has 1 aromatic rings. The number of carbonyl (C=O) groups is 3. The van der Waals surface area contributed by atoms with Crippen LogP contribution in [0.15, 0.2) is 24.3 Å². The lowest BCUT2D eigenvalue weighted by atomic mass is 10.1. The Balaban J connectivity index is 1.15. The zero-order valence-electron chi connectivity index (χ0n) is 22.8. The van der Waals surface area contributed by atoms with Gasteiger partial charge in [0.2, 0.25) is 11.8 Å². The van der Waals surface area contributed by atoms with Gasteiger partial charge in [-0.3, -0.25) is 14.4 Å². The number of rotatable bonds is 7. The van der Waals surface area contributed by atoms with Crippen LogP contribution in [-0.4, -0.2) is 85.7 Å². The number of hydrogen-bond acceptors (Lipinski definition) is 9. The predicted octanol–water partition coefficient (Wildman–Crippen LogP) is 1.01. The molecular weight excluding hydrogens is 508 g/mol. The molecule has 3 amide bonds. The second kappa shape index (κ2) is 11.0. The van der Waals surface area contributed by atoms with E-state index in [0.29, 0.717) is 25.1 Å². The highest BCUT2D eigenvalue weighted by atomic mass is 16.8. The summed E-state index contributed by atoms with van der Waals surface area (Å²) < 4.78 is 30.4. The van der Waals surface area contributed by atoms with Crippen LogP contribution >= 0.6 is 0 Å². The van der Waals surface area contributed by atoms with Gasteiger partial charge in [0.15, 0.2) is 17.8 Å². The Bertz CT molecular complexity index is 1080. The molecule has 0 aromatic heterocycles. The highest BCUT2D eigenvalue weighted by molar-refractivity contribution is 5.97. The summed E-state index contributed by atoms with van der Waals surface area (Å²) in [6.45, 7) is 8.26. The Kier molecular flexibility index (Phi) is 7.84. The summed E-state index contributed by atoms with van der Waals surface area (Å²) in [5.74, 6) is -2.45. The van der Waals surface area contributed by atoms with Crippen LogP contribution in [0.25, 0.3) is 0 Å². The zero-order chi connectivity index (χ0) is 27.8. The van der Waals surface area contributed by atoms with Crippen molar-refractivity contribution in [1.29, 1.82) is 0 Å². The van der Waals surface area contributed by atoms with Crippen molar-refractivity contribution in [3.63, 3.8) is 0 Å². The third kappa shape index (κ3) is 6.52. The van der Waals surface area contributed by atoms with Crippen LogP contribution in [0.5, 0.6) is 0 Å². The van der Waals surface area contributed by atoms with Gasteiger partial charge in [0.25, 0.3) is 5.91 Å². The first-order chi connectivity index (χ1) is 18.5. The van der Waals surface area contributed by atoms with Gasteiger partial charge < -0.3 is 45.0 Å². The number of ether oxygens (including phenoxy) is 5. The van der Waals surface area contributed by atoms with E-state index in [2.05, 4.69) is 21.3 Å². The highest BCUT2D eigenvalue weighted by Gasteiger charge is 2.59. The molecule has 1 aromatic carbocycles. The quantitative estimate of drug-likeness (QED) is 0.394. The second-order valence-corrected chi connectivity index (χ2v) is 11.3. The van der Waals surface area contributed by atoms with E-state index in [1.54, 1.807) is 24.3 Å². The molecule has 0 bridgehead atoms. The standard InChI is InChI=1S/C27H38N4O8/c1-26(2)35-14-18(37-26)20-21-22(39-27(3,4)38-21)25(36-20)30-16-10-8-15(9-11-16)23(33)29-13-19(32)31-17-7-5-6-12-28-24(17)34/h8-11,17-18,20-22,25,30H,5-7,12-14H2,1-4H3,(H,28,34)(H,29,33)(H,31,32)/t17?,18?,20?,21-,22-,25?/m0/s1. The molecule has 4 unspecified atom stereocenters. The van der Waals surface area contributed by atoms with Crippen LogP contribution in [-0.2, 0) is 33.3 Å². The van der Waals surface area contributed by atoms with E-state index < -0.39 is 35.7 Å². The van der Waals surface area contributed by atoms with Gasteiger partial charge >= 0.3 is 0 Å². The van der Waals surface area contributed by atoms with E-state index in [0.717, 1.165) is 18.5 Å². The number of amides is 3. The van der Waals surface area contributed by atoms with Gasteiger partial charge in [-0.25, -0.2) is 0 Å². The monoisotopic (exact) mass is 546 g/mol. The van der Waals surface area contributed by atoms with Gasteiger partial charge in [0.05, 0.1) is 13.2 Å². The molecule has 0 spiro atoms. The maximum atomic E-state index is 12.6. The van der Waals surface area contributed by atoms with Crippen molar-refractivity contribution in [1.82, 2.24) is 16.0 Å². The summed E-state index contributed by atoms with van der Waals surface area (Å²) >= 11 is 0. The number of fused-ring (bicyclic) bond motifs is 1. The lowest BCUT2D eigenvalue weighted by Crippen LogP contribution is -2.48. The van der Waals surface area contributed by atoms with Crippen molar-refractivity contribution in [2.75, 3.05) is 25.0 Å². The summed E-state index contributed by atoms with van der Waals surface area (Å²) in [6.07, 6.45) is 0.445. The van der Waals surface area contributed by atoms with Crippen molar-refractivity contribution in [2.24, 2.45) is 0 Å². The largest absolute Gasteiger partial charge is 0.358 e. The molecule has 39 heavy (non-hydrogen) atoms. The number of carbonyl (C=O) groups excluding carboxylic acids is 3. The van der Waals surface area contributed by atoms with Crippen molar-refractivity contribution in [3.8, 4) is 0 Å². The number of benzene rings is 1. The molecule has 12 nitrogen and oxygen atoms in total. The second-order valence-electron chi connectivity index (χ2n) is 11.3. The Morgan fingerprint density at radius 3 is 2.44 bits per heavy atom. The zero-order valence-corrected chi connectivity index (χ0v) is 22.8. The van der Waals surface area contributed by atoms with Crippen molar-refractivity contribution in [2.45, 2.75) is 95.2 Å². The fraction of sp³-hybridized carbons (Fsp3) is 0.667. The van der Waals surface area contributed by atoms with Crippen LogP contribution in [0.2, 0.25) is 0 Å². The van der Waals surface area contributed by atoms with E-state index in [1.807, 2.05) is 27.7 Å². The third-order valence-electron chi connectivity index (χ3n) is 7.22. The molecule has 0 radical (unpaired) electrons. The van der Waals surface area contributed by atoms with Gasteiger partial charge in [0, 0.05) is 17.8 Å². The number of hydrogen-bond donors (Lipinski definition) is 4. The smallest absolute Gasteiger partial charge is 0.251 e. The lowest BCUT2D eigenvalue weighted by molar-refractivity contribution is -0.203. The van der Waals surface area contributed by atoms with E-state index in [9.17, 15) is 14.4 Å². The predicted molar refractivity (Wildman–Crippen MR) is 139 cm³/mol.